The first-order valence-electron chi connectivity index (χ1n) is 6.44. The molecule has 0 aliphatic carbocycles. The highest BCUT2D eigenvalue weighted by molar-refractivity contribution is 6.03. The predicted octanol–water partition coefficient (Wildman–Crippen LogP) is 2.46. The van der Waals surface area contributed by atoms with Crippen molar-refractivity contribution in [3.8, 4) is 0 Å². The smallest absolute Gasteiger partial charge is 0.233 e. The Morgan fingerprint density at radius 2 is 2.00 bits per heavy atom. The Labute approximate surface area is 112 Å². The highest BCUT2D eigenvalue weighted by atomic mass is 19.1. The van der Waals surface area contributed by atoms with Gasteiger partial charge in [0.25, 0.3) is 0 Å². The summed E-state index contributed by atoms with van der Waals surface area (Å²) in [5.41, 5.74) is 0.351. The topological polar surface area (TPSA) is 58.2 Å². The second kappa shape index (κ2) is 8.24. The monoisotopic (exact) mass is 266 g/mol. The van der Waals surface area contributed by atoms with Crippen LogP contribution in [0.15, 0.2) is 24.3 Å². The molecule has 2 amide bonds. The fourth-order valence-corrected chi connectivity index (χ4v) is 1.58. The zero-order chi connectivity index (χ0) is 14.1. The zero-order valence-corrected chi connectivity index (χ0v) is 11.0. The van der Waals surface area contributed by atoms with Gasteiger partial charge in [0.2, 0.25) is 11.8 Å². The number of unbranched alkanes of at least 4 members (excludes halogenated alkanes) is 2. The van der Waals surface area contributed by atoms with Crippen LogP contribution in [0, 0.1) is 5.82 Å². The molecule has 4 nitrogen and oxygen atoms in total. The van der Waals surface area contributed by atoms with E-state index >= 15 is 0 Å². The first kappa shape index (κ1) is 15.1. The predicted molar refractivity (Wildman–Crippen MR) is 72.2 cm³/mol. The van der Waals surface area contributed by atoms with Crippen LogP contribution in [-0.4, -0.2) is 18.4 Å². The molecule has 0 fully saturated rings. The fraction of sp³-hybridized carbons (Fsp3) is 0.429. The molecule has 104 valence electrons. The van der Waals surface area contributed by atoms with Gasteiger partial charge in [-0.1, -0.05) is 25.8 Å². The molecule has 0 unspecified atom stereocenters. The molecule has 0 atom stereocenters. The molecule has 1 aromatic carbocycles. The SMILES string of the molecule is CCCCCNC(=O)CC(=O)Nc1cccc(F)c1. The van der Waals surface area contributed by atoms with Gasteiger partial charge in [0, 0.05) is 12.2 Å². The lowest BCUT2D eigenvalue weighted by Gasteiger charge is -2.06. The molecule has 0 saturated heterocycles. The van der Waals surface area contributed by atoms with Crippen molar-refractivity contribution in [1.29, 1.82) is 0 Å². The number of hydrogen-bond acceptors (Lipinski definition) is 2. The van der Waals surface area contributed by atoms with E-state index in [0.717, 1.165) is 19.3 Å². The fourth-order valence-electron chi connectivity index (χ4n) is 1.58. The standard InChI is InChI=1S/C14H19FN2O2/c1-2-3-4-8-16-13(18)10-14(19)17-12-7-5-6-11(15)9-12/h5-7,9H,2-4,8,10H2,1H3,(H,16,18)(H,17,19). The molecule has 1 aromatic rings. The Balaban J connectivity index is 2.29. The van der Waals surface area contributed by atoms with Gasteiger partial charge >= 0.3 is 0 Å². The van der Waals surface area contributed by atoms with E-state index in [2.05, 4.69) is 17.6 Å². The molecule has 19 heavy (non-hydrogen) atoms. The van der Waals surface area contributed by atoms with Crippen molar-refractivity contribution in [3.05, 3.63) is 30.1 Å². The number of rotatable bonds is 7. The summed E-state index contributed by atoms with van der Waals surface area (Å²) in [6, 6.07) is 5.56. The second-order valence-electron chi connectivity index (χ2n) is 4.29. The summed E-state index contributed by atoms with van der Waals surface area (Å²) < 4.78 is 12.9. The Morgan fingerprint density at radius 3 is 2.68 bits per heavy atom. The van der Waals surface area contributed by atoms with Gasteiger partial charge in [-0.2, -0.15) is 0 Å². The molecule has 5 heteroatoms. The van der Waals surface area contributed by atoms with Gasteiger partial charge in [-0.25, -0.2) is 4.39 Å². The zero-order valence-electron chi connectivity index (χ0n) is 11.0. The highest BCUT2D eigenvalue weighted by Crippen LogP contribution is 2.09. The van der Waals surface area contributed by atoms with Crippen molar-refractivity contribution in [1.82, 2.24) is 5.32 Å². The van der Waals surface area contributed by atoms with E-state index in [4.69, 9.17) is 0 Å². The van der Waals surface area contributed by atoms with Gasteiger partial charge in [0.05, 0.1) is 0 Å². The van der Waals surface area contributed by atoms with E-state index in [1.54, 1.807) is 6.07 Å². The number of amides is 2. The van der Waals surface area contributed by atoms with Crippen LogP contribution in [0.1, 0.15) is 32.6 Å². The van der Waals surface area contributed by atoms with E-state index in [0.29, 0.717) is 12.2 Å². The lowest BCUT2D eigenvalue weighted by molar-refractivity contribution is -0.126. The van der Waals surface area contributed by atoms with Crippen molar-refractivity contribution >= 4 is 17.5 Å². The molecule has 0 bridgehead atoms. The second-order valence-corrected chi connectivity index (χ2v) is 4.29. The summed E-state index contributed by atoms with van der Waals surface area (Å²) >= 11 is 0. The molecule has 0 saturated carbocycles. The maximum atomic E-state index is 12.9. The van der Waals surface area contributed by atoms with E-state index in [1.165, 1.54) is 18.2 Å². The van der Waals surface area contributed by atoms with E-state index in [-0.39, 0.29) is 12.3 Å². The van der Waals surface area contributed by atoms with Crippen LogP contribution in [0.5, 0.6) is 0 Å². The molecule has 2 N–H and O–H groups in total. The number of halogens is 1. The first-order chi connectivity index (χ1) is 9.11. The van der Waals surface area contributed by atoms with Gasteiger partial charge in [-0.3, -0.25) is 9.59 Å². The van der Waals surface area contributed by atoms with Gasteiger partial charge < -0.3 is 10.6 Å². The number of carbonyl (C=O) groups is 2. The van der Waals surface area contributed by atoms with Crippen LogP contribution in [-0.2, 0) is 9.59 Å². The Morgan fingerprint density at radius 1 is 1.21 bits per heavy atom. The molecule has 0 radical (unpaired) electrons. The van der Waals surface area contributed by atoms with Crippen LogP contribution in [0.3, 0.4) is 0 Å². The van der Waals surface area contributed by atoms with Crippen molar-refractivity contribution in [2.45, 2.75) is 32.6 Å². The van der Waals surface area contributed by atoms with Gasteiger partial charge in [-0.05, 0) is 24.6 Å². The van der Waals surface area contributed by atoms with Crippen LogP contribution >= 0.6 is 0 Å². The summed E-state index contributed by atoms with van der Waals surface area (Å²) in [5.74, 6) is -1.19. The van der Waals surface area contributed by atoms with Gasteiger partial charge in [0.1, 0.15) is 12.2 Å². The number of carbonyl (C=O) groups excluding carboxylic acids is 2. The summed E-state index contributed by atoms with van der Waals surface area (Å²) in [4.78, 5) is 23.0. The average molecular weight is 266 g/mol. The van der Waals surface area contributed by atoms with E-state index in [9.17, 15) is 14.0 Å². The molecule has 0 aliphatic rings. The maximum Gasteiger partial charge on any atom is 0.233 e. The van der Waals surface area contributed by atoms with Crippen molar-refractivity contribution < 1.29 is 14.0 Å². The highest BCUT2D eigenvalue weighted by Gasteiger charge is 2.09. The molecular formula is C14H19FN2O2. The minimum absolute atomic E-state index is 0.247. The normalized spacial score (nSPS) is 10.0. The number of benzene rings is 1. The number of hydrogen-bond donors (Lipinski definition) is 2. The van der Waals surface area contributed by atoms with Gasteiger partial charge in [-0.15, -0.1) is 0 Å². The quantitative estimate of drug-likeness (QED) is 0.588. The summed E-state index contributed by atoms with van der Waals surface area (Å²) in [5, 5.41) is 5.15. The summed E-state index contributed by atoms with van der Waals surface area (Å²) in [7, 11) is 0. The van der Waals surface area contributed by atoms with E-state index < -0.39 is 11.7 Å². The Kier molecular flexibility index (Phi) is 6.57. The molecule has 0 aliphatic heterocycles. The molecule has 1 rings (SSSR count). The van der Waals surface area contributed by atoms with Crippen LogP contribution < -0.4 is 10.6 Å². The first-order valence-corrected chi connectivity index (χ1v) is 6.44. The molecular weight excluding hydrogens is 247 g/mol. The number of anilines is 1. The minimum Gasteiger partial charge on any atom is -0.356 e. The van der Waals surface area contributed by atoms with Crippen LogP contribution in [0.2, 0.25) is 0 Å². The van der Waals surface area contributed by atoms with Crippen LogP contribution in [0.25, 0.3) is 0 Å². The third-order valence-electron chi connectivity index (χ3n) is 2.53. The lowest BCUT2D eigenvalue weighted by Crippen LogP contribution is -2.28. The third-order valence-corrected chi connectivity index (χ3v) is 2.53. The number of nitrogens with one attached hydrogen (secondary N) is 2. The largest absolute Gasteiger partial charge is 0.356 e. The minimum atomic E-state index is -0.446. The van der Waals surface area contributed by atoms with Crippen molar-refractivity contribution in [3.63, 3.8) is 0 Å². The van der Waals surface area contributed by atoms with Crippen molar-refractivity contribution in [2.24, 2.45) is 0 Å². The molecule has 0 heterocycles. The average Bonchev–Trinajstić information content (AvgIpc) is 2.34. The maximum absolute atomic E-state index is 12.9. The molecule has 0 aromatic heterocycles. The van der Waals surface area contributed by atoms with Crippen molar-refractivity contribution in [2.75, 3.05) is 11.9 Å². The molecule has 0 spiro atoms. The van der Waals surface area contributed by atoms with Crippen LogP contribution in [0.4, 0.5) is 10.1 Å². The summed E-state index contributed by atoms with van der Waals surface area (Å²) in [6.45, 7) is 2.66. The van der Waals surface area contributed by atoms with Gasteiger partial charge in [0.15, 0.2) is 0 Å². The Bertz CT molecular complexity index is 435. The lowest BCUT2D eigenvalue weighted by atomic mass is 10.2. The summed E-state index contributed by atoms with van der Waals surface area (Å²) in [6.07, 6.45) is 2.79. The Hall–Kier alpha value is -1.91. The van der Waals surface area contributed by atoms with E-state index in [1.807, 2.05) is 0 Å². The third kappa shape index (κ3) is 6.55.